The number of thiocarbonyl (C=S) groups is 1. The van der Waals surface area contributed by atoms with Gasteiger partial charge in [-0.25, -0.2) is 9.59 Å². The van der Waals surface area contributed by atoms with E-state index in [-0.39, 0.29) is 6.61 Å². The van der Waals surface area contributed by atoms with Crippen LogP contribution in [-0.4, -0.2) is 44.5 Å². The van der Waals surface area contributed by atoms with Crippen molar-refractivity contribution in [1.29, 1.82) is 0 Å². The van der Waals surface area contributed by atoms with Crippen LogP contribution in [0.5, 0.6) is 0 Å². The second kappa shape index (κ2) is 8.59. The maximum atomic E-state index is 12.5. The zero-order valence-electron chi connectivity index (χ0n) is 14.3. The monoisotopic (exact) mass is 364 g/mol. The van der Waals surface area contributed by atoms with Crippen molar-refractivity contribution < 1.29 is 23.8 Å². The Morgan fingerprint density at radius 3 is 2.56 bits per heavy atom. The molecule has 0 aliphatic carbocycles. The van der Waals surface area contributed by atoms with Crippen molar-refractivity contribution in [2.75, 3.05) is 27.4 Å². The molecule has 1 aliphatic heterocycles. The van der Waals surface area contributed by atoms with Gasteiger partial charge in [0, 0.05) is 12.8 Å². The van der Waals surface area contributed by atoms with Gasteiger partial charge in [0.15, 0.2) is 5.11 Å². The molecule has 0 spiro atoms. The summed E-state index contributed by atoms with van der Waals surface area (Å²) in [6.07, 6.45) is 0. The van der Waals surface area contributed by atoms with Gasteiger partial charge in [-0.1, -0.05) is 18.2 Å². The first-order valence-corrected chi connectivity index (χ1v) is 8.02. The maximum absolute atomic E-state index is 12.5. The Labute approximate surface area is 151 Å². The van der Waals surface area contributed by atoms with E-state index in [4.69, 9.17) is 26.4 Å². The summed E-state index contributed by atoms with van der Waals surface area (Å²) in [6.45, 7) is 2.15. The van der Waals surface area contributed by atoms with Crippen molar-refractivity contribution in [3.63, 3.8) is 0 Å². The number of allylic oxidation sites excluding steroid dienone is 1. The molecule has 0 saturated heterocycles. The van der Waals surface area contributed by atoms with Gasteiger partial charge < -0.3 is 24.8 Å². The van der Waals surface area contributed by atoms with E-state index in [1.54, 1.807) is 31.2 Å². The third kappa shape index (κ3) is 4.34. The molecule has 0 fully saturated rings. The molecule has 0 saturated carbocycles. The highest BCUT2D eigenvalue weighted by molar-refractivity contribution is 7.80. The first-order chi connectivity index (χ1) is 12.0. The summed E-state index contributed by atoms with van der Waals surface area (Å²) in [7, 11) is 2.83. The molecule has 1 aromatic carbocycles. The van der Waals surface area contributed by atoms with E-state index in [0.717, 1.165) is 0 Å². The summed E-state index contributed by atoms with van der Waals surface area (Å²) in [5.41, 5.74) is 1.84. The first kappa shape index (κ1) is 18.9. The fourth-order valence-corrected chi connectivity index (χ4v) is 2.81. The molecule has 134 valence electrons. The van der Waals surface area contributed by atoms with Gasteiger partial charge in [0.1, 0.15) is 6.61 Å². The number of benzene rings is 1. The van der Waals surface area contributed by atoms with Crippen LogP contribution in [0.2, 0.25) is 0 Å². The minimum absolute atomic E-state index is 0.127. The summed E-state index contributed by atoms with van der Waals surface area (Å²) in [5, 5.41) is 6.30. The van der Waals surface area contributed by atoms with Crippen molar-refractivity contribution in [2.24, 2.45) is 0 Å². The Kier molecular flexibility index (Phi) is 6.49. The molecule has 0 amide bonds. The molecular weight excluding hydrogens is 344 g/mol. The molecule has 0 bridgehead atoms. The highest BCUT2D eigenvalue weighted by Crippen LogP contribution is 2.30. The van der Waals surface area contributed by atoms with Crippen LogP contribution in [0, 0.1) is 0 Å². The molecule has 8 heteroatoms. The molecule has 0 radical (unpaired) electrons. The van der Waals surface area contributed by atoms with Gasteiger partial charge in [0.25, 0.3) is 0 Å². The second-order valence-electron chi connectivity index (χ2n) is 5.28. The minimum atomic E-state index is -0.626. The van der Waals surface area contributed by atoms with Crippen molar-refractivity contribution in [1.82, 2.24) is 10.6 Å². The number of methoxy groups -OCH3 is 2. The van der Waals surface area contributed by atoms with Crippen LogP contribution in [0.25, 0.3) is 0 Å². The topological polar surface area (TPSA) is 85.9 Å². The lowest BCUT2D eigenvalue weighted by Gasteiger charge is -2.30. The van der Waals surface area contributed by atoms with Crippen LogP contribution in [0.4, 0.5) is 0 Å². The quantitative estimate of drug-likeness (QED) is 0.446. The highest BCUT2D eigenvalue weighted by atomic mass is 32.1. The van der Waals surface area contributed by atoms with Crippen LogP contribution in [0.3, 0.4) is 0 Å². The van der Waals surface area contributed by atoms with Crippen LogP contribution in [0.1, 0.15) is 28.9 Å². The summed E-state index contributed by atoms with van der Waals surface area (Å²) in [4.78, 5) is 24.6. The average molecular weight is 364 g/mol. The first-order valence-electron chi connectivity index (χ1n) is 7.61. The number of rotatable bonds is 6. The SMILES string of the molecule is COCCOC(=O)C1=C(C)NC(=S)N[C@@H]1c1ccccc1C(=O)OC. The van der Waals surface area contributed by atoms with E-state index in [1.165, 1.54) is 14.2 Å². The fraction of sp³-hybridized carbons (Fsp3) is 0.353. The third-order valence-corrected chi connectivity index (χ3v) is 3.91. The van der Waals surface area contributed by atoms with Gasteiger partial charge in [-0.2, -0.15) is 0 Å². The number of esters is 2. The van der Waals surface area contributed by atoms with Crippen molar-refractivity contribution in [2.45, 2.75) is 13.0 Å². The predicted octanol–water partition coefficient (Wildman–Crippen LogP) is 1.46. The highest BCUT2D eigenvalue weighted by Gasteiger charge is 2.33. The van der Waals surface area contributed by atoms with E-state index in [1.807, 2.05) is 0 Å². The molecule has 0 aromatic heterocycles. The van der Waals surface area contributed by atoms with Crippen molar-refractivity contribution in [3.05, 3.63) is 46.7 Å². The van der Waals surface area contributed by atoms with E-state index in [9.17, 15) is 9.59 Å². The van der Waals surface area contributed by atoms with Crippen molar-refractivity contribution in [3.8, 4) is 0 Å². The zero-order chi connectivity index (χ0) is 18.4. The van der Waals surface area contributed by atoms with Crippen molar-refractivity contribution >= 4 is 29.3 Å². The smallest absolute Gasteiger partial charge is 0.338 e. The number of hydrogen-bond donors (Lipinski definition) is 2. The minimum Gasteiger partial charge on any atom is -0.465 e. The lowest BCUT2D eigenvalue weighted by atomic mass is 9.92. The number of nitrogens with one attached hydrogen (secondary N) is 2. The fourth-order valence-electron chi connectivity index (χ4n) is 2.54. The van der Waals surface area contributed by atoms with E-state index in [0.29, 0.717) is 34.1 Å². The molecule has 1 aromatic rings. The van der Waals surface area contributed by atoms with E-state index < -0.39 is 18.0 Å². The lowest BCUT2D eigenvalue weighted by Crippen LogP contribution is -2.45. The van der Waals surface area contributed by atoms with Gasteiger partial charge in [-0.15, -0.1) is 0 Å². The Morgan fingerprint density at radius 1 is 1.16 bits per heavy atom. The van der Waals surface area contributed by atoms with Gasteiger partial charge >= 0.3 is 11.9 Å². The Hall–Kier alpha value is -2.45. The molecular formula is C17H20N2O5S. The molecule has 0 unspecified atom stereocenters. The van der Waals surface area contributed by atoms with E-state index >= 15 is 0 Å². The van der Waals surface area contributed by atoms with E-state index in [2.05, 4.69) is 10.6 Å². The standard InChI is InChI=1S/C17H20N2O5S/c1-10-13(16(21)24-9-8-22-2)14(19-17(25)18-10)11-6-4-5-7-12(11)15(20)23-3/h4-7,14H,8-9H2,1-3H3,(H2,18,19,25)/t14-/m1/s1. The van der Waals surface area contributed by atoms with Crippen LogP contribution < -0.4 is 10.6 Å². The predicted molar refractivity (Wildman–Crippen MR) is 94.9 cm³/mol. The number of ether oxygens (including phenoxy) is 3. The largest absolute Gasteiger partial charge is 0.465 e. The molecule has 2 N–H and O–H groups in total. The molecule has 25 heavy (non-hydrogen) atoms. The van der Waals surface area contributed by atoms with Gasteiger partial charge in [-0.3, -0.25) is 0 Å². The van der Waals surface area contributed by atoms with Crippen LogP contribution >= 0.6 is 12.2 Å². The molecule has 7 nitrogen and oxygen atoms in total. The summed E-state index contributed by atoms with van der Waals surface area (Å²) in [5.74, 6) is -1.01. The van der Waals surface area contributed by atoms with Crippen LogP contribution in [0.15, 0.2) is 35.5 Å². The molecule has 1 heterocycles. The lowest BCUT2D eigenvalue weighted by molar-refractivity contribution is -0.140. The second-order valence-corrected chi connectivity index (χ2v) is 5.69. The maximum Gasteiger partial charge on any atom is 0.338 e. The Balaban J connectivity index is 2.43. The number of carbonyl (C=O) groups excluding carboxylic acids is 2. The number of carbonyl (C=O) groups is 2. The Bertz CT molecular complexity index is 717. The Morgan fingerprint density at radius 2 is 1.88 bits per heavy atom. The number of hydrogen-bond acceptors (Lipinski definition) is 6. The third-order valence-electron chi connectivity index (χ3n) is 3.69. The average Bonchev–Trinajstić information content (AvgIpc) is 2.60. The zero-order valence-corrected chi connectivity index (χ0v) is 15.1. The van der Waals surface area contributed by atoms with Gasteiger partial charge in [0.2, 0.25) is 0 Å². The van der Waals surface area contributed by atoms with Crippen LogP contribution in [-0.2, 0) is 19.0 Å². The summed E-state index contributed by atoms with van der Waals surface area (Å²) >= 11 is 5.20. The molecule has 1 aliphatic rings. The normalized spacial score (nSPS) is 16.8. The molecule has 1 atom stereocenters. The van der Waals surface area contributed by atoms with Gasteiger partial charge in [-0.05, 0) is 30.8 Å². The summed E-state index contributed by atoms with van der Waals surface area (Å²) in [6, 6.07) is 6.25. The van der Waals surface area contributed by atoms with Gasteiger partial charge in [0.05, 0.1) is 30.9 Å². The molecule has 2 rings (SSSR count). The summed E-state index contributed by atoms with van der Waals surface area (Å²) < 4.78 is 15.0.